The standard InChI is InChI=1S/C17H18ClNO4/c1-22-15(20)17(18)9-13-7-8-14(17)19(10-13)16(21)23-11-12-5-3-2-4-6-12/h2-8,13-14H,9-11H2,1H3. The first-order chi connectivity index (χ1) is 11.0. The van der Waals surface area contributed by atoms with Crippen molar-refractivity contribution in [3.63, 3.8) is 0 Å². The highest BCUT2D eigenvalue weighted by molar-refractivity contribution is 6.35. The van der Waals surface area contributed by atoms with Gasteiger partial charge in [0.2, 0.25) is 0 Å². The van der Waals surface area contributed by atoms with E-state index in [1.807, 2.05) is 36.4 Å². The minimum Gasteiger partial charge on any atom is -0.468 e. The molecule has 3 unspecified atom stereocenters. The van der Waals surface area contributed by atoms with Crippen molar-refractivity contribution in [2.24, 2.45) is 5.92 Å². The van der Waals surface area contributed by atoms with Crippen LogP contribution in [0.2, 0.25) is 0 Å². The van der Waals surface area contributed by atoms with Gasteiger partial charge < -0.3 is 9.47 Å². The van der Waals surface area contributed by atoms with Crippen LogP contribution < -0.4 is 0 Å². The Bertz CT molecular complexity index is 633. The molecule has 3 aliphatic rings. The number of rotatable bonds is 3. The van der Waals surface area contributed by atoms with Gasteiger partial charge in [0.15, 0.2) is 4.87 Å². The molecule has 1 amide bonds. The molecule has 4 rings (SSSR count). The molecule has 1 fully saturated rings. The van der Waals surface area contributed by atoms with E-state index >= 15 is 0 Å². The van der Waals surface area contributed by atoms with E-state index in [4.69, 9.17) is 21.1 Å². The Hall–Kier alpha value is -2.01. The number of methoxy groups -OCH3 is 1. The van der Waals surface area contributed by atoms with Crippen molar-refractivity contribution in [3.8, 4) is 0 Å². The van der Waals surface area contributed by atoms with Crippen molar-refractivity contribution >= 4 is 23.7 Å². The second-order valence-electron chi connectivity index (χ2n) is 5.84. The lowest BCUT2D eigenvalue weighted by Gasteiger charge is -2.48. The number of carbonyl (C=O) groups excluding carboxylic acids is 2. The molecule has 1 aromatic carbocycles. The first-order valence-electron chi connectivity index (χ1n) is 7.47. The predicted octanol–water partition coefficient (Wildman–Crippen LogP) is 2.73. The number of fused-ring (bicyclic) bond motifs is 2. The summed E-state index contributed by atoms with van der Waals surface area (Å²) in [7, 11) is 1.30. The van der Waals surface area contributed by atoms with Crippen LogP contribution >= 0.6 is 11.6 Å². The molecular weight excluding hydrogens is 318 g/mol. The molecule has 1 aromatic rings. The van der Waals surface area contributed by atoms with Crippen LogP contribution in [0.25, 0.3) is 0 Å². The molecule has 2 aliphatic heterocycles. The Labute approximate surface area is 139 Å². The van der Waals surface area contributed by atoms with E-state index in [1.165, 1.54) is 12.0 Å². The van der Waals surface area contributed by atoms with E-state index in [-0.39, 0.29) is 12.5 Å². The van der Waals surface area contributed by atoms with Crippen molar-refractivity contribution < 1.29 is 19.1 Å². The highest BCUT2D eigenvalue weighted by Crippen LogP contribution is 2.42. The molecule has 1 saturated heterocycles. The number of benzene rings is 1. The molecule has 6 heteroatoms. The van der Waals surface area contributed by atoms with Crippen LogP contribution in [0.1, 0.15) is 12.0 Å². The lowest BCUT2D eigenvalue weighted by Crippen LogP contribution is -2.63. The zero-order valence-electron chi connectivity index (χ0n) is 12.8. The largest absolute Gasteiger partial charge is 0.468 e. The van der Waals surface area contributed by atoms with Gasteiger partial charge in [-0.15, -0.1) is 11.6 Å². The Balaban J connectivity index is 1.71. The quantitative estimate of drug-likeness (QED) is 0.484. The Morgan fingerprint density at radius 2 is 2.04 bits per heavy atom. The lowest BCUT2D eigenvalue weighted by molar-refractivity contribution is -0.147. The smallest absolute Gasteiger partial charge is 0.410 e. The van der Waals surface area contributed by atoms with Crippen molar-refractivity contribution in [3.05, 3.63) is 48.0 Å². The van der Waals surface area contributed by atoms with Gasteiger partial charge in [0, 0.05) is 6.54 Å². The van der Waals surface area contributed by atoms with Gasteiger partial charge in [-0.05, 0) is 17.9 Å². The van der Waals surface area contributed by atoms with Gasteiger partial charge in [-0.25, -0.2) is 4.79 Å². The van der Waals surface area contributed by atoms with Gasteiger partial charge >= 0.3 is 12.1 Å². The van der Waals surface area contributed by atoms with E-state index in [0.717, 1.165) is 5.56 Å². The van der Waals surface area contributed by atoms with Crippen LogP contribution in [-0.2, 0) is 20.9 Å². The van der Waals surface area contributed by atoms with Crippen LogP contribution in [0.15, 0.2) is 42.5 Å². The number of halogens is 1. The maximum Gasteiger partial charge on any atom is 0.410 e. The summed E-state index contributed by atoms with van der Waals surface area (Å²) in [4.78, 5) is 24.8. The Morgan fingerprint density at radius 1 is 1.30 bits per heavy atom. The fourth-order valence-electron chi connectivity index (χ4n) is 3.19. The van der Waals surface area contributed by atoms with E-state index in [1.54, 1.807) is 6.08 Å². The van der Waals surface area contributed by atoms with Crippen LogP contribution in [0.4, 0.5) is 4.79 Å². The summed E-state index contributed by atoms with van der Waals surface area (Å²) in [6.45, 7) is 0.686. The van der Waals surface area contributed by atoms with Crippen molar-refractivity contribution in [2.45, 2.75) is 23.9 Å². The van der Waals surface area contributed by atoms with Crippen molar-refractivity contribution in [1.29, 1.82) is 0 Å². The zero-order chi connectivity index (χ0) is 16.4. The monoisotopic (exact) mass is 335 g/mol. The molecule has 0 spiro atoms. The average molecular weight is 336 g/mol. The molecule has 1 aliphatic carbocycles. The predicted molar refractivity (Wildman–Crippen MR) is 85.0 cm³/mol. The highest BCUT2D eigenvalue weighted by atomic mass is 35.5. The number of alkyl halides is 1. The molecule has 0 radical (unpaired) electrons. The molecule has 122 valence electrons. The molecular formula is C17H18ClNO4. The van der Waals surface area contributed by atoms with Crippen LogP contribution in [0.5, 0.6) is 0 Å². The molecule has 2 bridgehead atoms. The Morgan fingerprint density at radius 3 is 2.70 bits per heavy atom. The van der Waals surface area contributed by atoms with Gasteiger partial charge in [0.25, 0.3) is 0 Å². The summed E-state index contributed by atoms with van der Waals surface area (Å²) in [5, 5.41) is 0. The number of hydrogen-bond donors (Lipinski definition) is 0. The summed E-state index contributed by atoms with van der Waals surface area (Å²) in [6, 6.07) is 8.89. The summed E-state index contributed by atoms with van der Waals surface area (Å²) < 4.78 is 10.2. The van der Waals surface area contributed by atoms with E-state index in [2.05, 4.69) is 0 Å². The van der Waals surface area contributed by atoms with Gasteiger partial charge in [-0.1, -0.05) is 42.5 Å². The minimum atomic E-state index is -1.24. The molecule has 2 heterocycles. The maximum atomic E-state index is 12.4. The normalized spacial score (nSPS) is 28.5. The topological polar surface area (TPSA) is 55.8 Å². The number of ether oxygens (including phenoxy) is 2. The first-order valence-corrected chi connectivity index (χ1v) is 7.85. The van der Waals surface area contributed by atoms with Gasteiger partial charge in [-0.3, -0.25) is 9.69 Å². The number of amides is 1. The van der Waals surface area contributed by atoms with E-state index in [0.29, 0.717) is 13.0 Å². The number of piperidine rings is 1. The Kier molecular flexibility index (Phi) is 4.31. The van der Waals surface area contributed by atoms with Crippen molar-refractivity contribution in [2.75, 3.05) is 13.7 Å². The maximum absolute atomic E-state index is 12.4. The fourth-order valence-corrected chi connectivity index (χ4v) is 3.66. The second-order valence-corrected chi connectivity index (χ2v) is 6.51. The van der Waals surface area contributed by atoms with Crippen LogP contribution in [0.3, 0.4) is 0 Å². The zero-order valence-corrected chi connectivity index (χ0v) is 13.5. The molecule has 3 atom stereocenters. The molecule has 0 N–H and O–H groups in total. The summed E-state index contributed by atoms with van der Waals surface area (Å²) >= 11 is 6.50. The third kappa shape index (κ3) is 2.93. The van der Waals surface area contributed by atoms with Gasteiger partial charge in [0.05, 0.1) is 13.2 Å². The number of carbonyl (C=O) groups is 2. The SMILES string of the molecule is COC(=O)C1(Cl)CC2C=CC1N(C(=O)OCc1ccccc1)C2. The molecule has 0 aromatic heterocycles. The average Bonchev–Trinajstić information content (AvgIpc) is 2.60. The number of esters is 1. The number of hydrogen-bond acceptors (Lipinski definition) is 4. The van der Waals surface area contributed by atoms with Crippen LogP contribution in [-0.4, -0.2) is 41.5 Å². The van der Waals surface area contributed by atoms with E-state index in [9.17, 15) is 9.59 Å². The second kappa shape index (κ2) is 6.24. The van der Waals surface area contributed by atoms with Crippen molar-refractivity contribution in [1.82, 2.24) is 4.90 Å². The summed E-state index contributed by atoms with van der Waals surface area (Å²) in [5.41, 5.74) is 0.906. The van der Waals surface area contributed by atoms with E-state index < -0.39 is 23.0 Å². The van der Waals surface area contributed by atoms with Gasteiger partial charge in [0.1, 0.15) is 6.61 Å². The first kappa shape index (κ1) is 15.9. The lowest BCUT2D eigenvalue weighted by atomic mass is 9.77. The minimum absolute atomic E-state index is 0.0286. The van der Waals surface area contributed by atoms with Gasteiger partial charge in [-0.2, -0.15) is 0 Å². The third-order valence-electron chi connectivity index (χ3n) is 4.32. The molecule has 5 nitrogen and oxygen atoms in total. The number of nitrogens with zero attached hydrogens (tertiary/aromatic N) is 1. The molecule has 0 saturated carbocycles. The summed E-state index contributed by atoms with van der Waals surface area (Å²) in [6.07, 6.45) is 3.78. The fraction of sp³-hybridized carbons (Fsp3) is 0.412. The highest BCUT2D eigenvalue weighted by Gasteiger charge is 2.55. The summed E-state index contributed by atoms with van der Waals surface area (Å²) in [5.74, 6) is -0.486. The third-order valence-corrected chi connectivity index (χ3v) is 4.86. The molecule has 23 heavy (non-hydrogen) atoms. The van der Waals surface area contributed by atoms with Crippen LogP contribution in [0, 0.1) is 5.92 Å².